The number of amides is 1. The van der Waals surface area contributed by atoms with Crippen molar-refractivity contribution < 1.29 is 4.79 Å². The molecule has 0 atom stereocenters. The van der Waals surface area contributed by atoms with Gasteiger partial charge in [0.25, 0.3) is 5.91 Å². The third-order valence-corrected chi connectivity index (χ3v) is 5.48. The first kappa shape index (κ1) is 18.9. The fraction of sp³-hybridized carbons (Fsp3) is 0.500. The summed E-state index contributed by atoms with van der Waals surface area (Å²) < 4.78 is 0. The molecule has 0 bridgehead atoms. The molecule has 140 valence electrons. The number of rotatable bonds is 4. The number of aromatic amines is 1. The molecule has 1 aliphatic carbocycles. The molecule has 0 saturated heterocycles. The first-order chi connectivity index (χ1) is 12.3. The number of nitrogens with one attached hydrogen (secondary N) is 2. The van der Waals surface area contributed by atoms with Gasteiger partial charge < -0.3 is 10.2 Å². The highest BCUT2D eigenvalue weighted by atomic mass is 35.5. The zero-order chi connectivity index (χ0) is 17.1. The summed E-state index contributed by atoms with van der Waals surface area (Å²) in [6.07, 6.45) is 6.82. The second kappa shape index (κ2) is 8.69. The van der Waals surface area contributed by atoms with Crippen LogP contribution < -0.4 is 5.32 Å². The Morgan fingerprint density at radius 2 is 1.92 bits per heavy atom. The number of hydrogen-bond acceptors (Lipinski definition) is 3. The van der Waals surface area contributed by atoms with Crippen molar-refractivity contribution in [2.24, 2.45) is 0 Å². The summed E-state index contributed by atoms with van der Waals surface area (Å²) >= 11 is 0. The standard InChI is InChI=1S/C20H26N4O.ClH/c25-20(19-17-13-21-12-11-18(17)22-23-19)24(16-9-5-2-6-10-16)14-15-7-3-1-4-8-15;/h1,3-4,7-8,16,21H,2,5-6,9-14H2,(H,22,23);1H. The Labute approximate surface area is 161 Å². The van der Waals surface area contributed by atoms with E-state index in [0.717, 1.165) is 43.6 Å². The van der Waals surface area contributed by atoms with Crippen molar-refractivity contribution >= 4 is 18.3 Å². The maximum Gasteiger partial charge on any atom is 0.275 e. The van der Waals surface area contributed by atoms with Gasteiger partial charge >= 0.3 is 0 Å². The maximum absolute atomic E-state index is 13.4. The molecule has 0 unspecified atom stereocenters. The molecule has 0 spiro atoms. The molecule has 26 heavy (non-hydrogen) atoms. The van der Waals surface area contributed by atoms with E-state index in [4.69, 9.17) is 0 Å². The minimum atomic E-state index is 0. The minimum absolute atomic E-state index is 0. The molecule has 0 radical (unpaired) electrons. The molecule has 1 amide bonds. The molecule has 2 N–H and O–H groups in total. The third kappa shape index (κ3) is 3.94. The van der Waals surface area contributed by atoms with Crippen LogP contribution in [0, 0.1) is 0 Å². The summed E-state index contributed by atoms with van der Waals surface area (Å²) in [4.78, 5) is 15.5. The Bertz CT molecular complexity index is 725. The molecule has 2 heterocycles. The van der Waals surface area contributed by atoms with Gasteiger partial charge in [0, 0.05) is 43.4 Å². The summed E-state index contributed by atoms with van der Waals surface area (Å²) in [6, 6.07) is 10.6. The van der Waals surface area contributed by atoms with Crippen molar-refractivity contribution in [3.63, 3.8) is 0 Å². The van der Waals surface area contributed by atoms with Crippen LogP contribution in [0.2, 0.25) is 0 Å². The van der Waals surface area contributed by atoms with Gasteiger partial charge in [-0.15, -0.1) is 12.4 Å². The number of H-pyrrole nitrogens is 1. The van der Waals surface area contributed by atoms with E-state index in [-0.39, 0.29) is 18.3 Å². The van der Waals surface area contributed by atoms with E-state index < -0.39 is 0 Å². The Hall–Kier alpha value is -1.85. The SMILES string of the molecule is Cl.O=C(c1n[nH]c2c1CNCC2)N(Cc1ccccc1)C1CCCCC1. The van der Waals surface area contributed by atoms with E-state index in [2.05, 4.69) is 32.5 Å². The average Bonchev–Trinajstić information content (AvgIpc) is 3.11. The Balaban J connectivity index is 0.00000196. The average molecular weight is 375 g/mol. The number of carbonyl (C=O) groups is 1. The number of nitrogens with zero attached hydrogens (tertiary/aromatic N) is 2. The van der Waals surface area contributed by atoms with Gasteiger partial charge in [-0.05, 0) is 18.4 Å². The number of hydrogen-bond donors (Lipinski definition) is 2. The highest BCUT2D eigenvalue weighted by molar-refractivity contribution is 5.94. The fourth-order valence-electron chi connectivity index (χ4n) is 4.08. The fourth-order valence-corrected chi connectivity index (χ4v) is 4.08. The quantitative estimate of drug-likeness (QED) is 0.861. The predicted molar refractivity (Wildman–Crippen MR) is 104 cm³/mol. The number of halogens is 1. The topological polar surface area (TPSA) is 61.0 Å². The van der Waals surface area contributed by atoms with Gasteiger partial charge in [0.15, 0.2) is 5.69 Å². The van der Waals surface area contributed by atoms with Gasteiger partial charge in [0.1, 0.15) is 0 Å². The normalized spacial score (nSPS) is 17.2. The van der Waals surface area contributed by atoms with Crippen LogP contribution in [0.3, 0.4) is 0 Å². The van der Waals surface area contributed by atoms with E-state index in [1.807, 2.05) is 18.2 Å². The van der Waals surface area contributed by atoms with Gasteiger partial charge in [0.05, 0.1) is 0 Å². The molecular formula is C20H27ClN4O. The molecule has 1 fully saturated rings. The van der Waals surface area contributed by atoms with Crippen molar-refractivity contribution in [3.8, 4) is 0 Å². The van der Waals surface area contributed by atoms with E-state index >= 15 is 0 Å². The Morgan fingerprint density at radius 3 is 2.69 bits per heavy atom. The van der Waals surface area contributed by atoms with Gasteiger partial charge in [-0.25, -0.2) is 0 Å². The van der Waals surface area contributed by atoms with Crippen LogP contribution in [-0.4, -0.2) is 33.6 Å². The lowest BCUT2D eigenvalue weighted by molar-refractivity contribution is 0.0606. The lowest BCUT2D eigenvalue weighted by atomic mass is 9.93. The Morgan fingerprint density at radius 1 is 1.15 bits per heavy atom. The molecule has 4 rings (SSSR count). The van der Waals surface area contributed by atoms with Crippen molar-refractivity contribution in [2.45, 2.75) is 57.7 Å². The molecule has 1 saturated carbocycles. The summed E-state index contributed by atoms with van der Waals surface area (Å²) in [5, 5.41) is 10.8. The Kier molecular flexibility index (Phi) is 6.33. The smallest absolute Gasteiger partial charge is 0.275 e. The summed E-state index contributed by atoms with van der Waals surface area (Å²) in [5.74, 6) is 0.0805. The number of benzene rings is 1. The van der Waals surface area contributed by atoms with Gasteiger partial charge in [-0.1, -0.05) is 49.6 Å². The van der Waals surface area contributed by atoms with Gasteiger partial charge in [-0.2, -0.15) is 5.10 Å². The van der Waals surface area contributed by atoms with E-state index in [1.165, 1.54) is 24.8 Å². The van der Waals surface area contributed by atoms with Crippen molar-refractivity contribution in [3.05, 3.63) is 52.8 Å². The van der Waals surface area contributed by atoms with Gasteiger partial charge in [0.2, 0.25) is 0 Å². The highest BCUT2D eigenvalue weighted by Crippen LogP contribution is 2.27. The van der Waals surface area contributed by atoms with Crippen LogP contribution in [0.25, 0.3) is 0 Å². The van der Waals surface area contributed by atoms with Crippen molar-refractivity contribution in [1.82, 2.24) is 20.4 Å². The molecule has 2 aromatic rings. The number of aromatic nitrogens is 2. The first-order valence-corrected chi connectivity index (χ1v) is 9.44. The molecule has 1 aromatic heterocycles. The van der Waals surface area contributed by atoms with Crippen LogP contribution in [0.5, 0.6) is 0 Å². The third-order valence-electron chi connectivity index (χ3n) is 5.48. The second-order valence-corrected chi connectivity index (χ2v) is 7.17. The second-order valence-electron chi connectivity index (χ2n) is 7.17. The molecule has 1 aliphatic heterocycles. The largest absolute Gasteiger partial charge is 0.330 e. The molecule has 5 nitrogen and oxygen atoms in total. The van der Waals surface area contributed by atoms with E-state index in [0.29, 0.717) is 18.3 Å². The number of carbonyl (C=O) groups excluding carboxylic acids is 1. The summed E-state index contributed by atoms with van der Waals surface area (Å²) in [7, 11) is 0. The molecular weight excluding hydrogens is 348 g/mol. The van der Waals surface area contributed by atoms with E-state index in [9.17, 15) is 4.79 Å². The van der Waals surface area contributed by atoms with Crippen molar-refractivity contribution in [2.75, 3.05) is 6.54 Å². The van der Waals surface area contributed by atoms with Gasteiger partial charge in [-0.3, -0.25) is 9.89 Å². The summed E-state index contributed by atoms with van der Waals surface area (Å²) in [5.41, 5.74) is 3.98. The van der Waals surface area contributed by atoms with Crippen LogP contribution in [0.4, 0.5) is 0 Å². The van der Waals surface area contributed by atoms with Crippen LogP contribution in [-0.2, 0) is 19.5 Å². The molecule has 2 aliphatic rings. The lowest BCUT2D eigenvalue weighted by Gasteiger charge is -2.34. The zero-order valence-corrected chi connectivity index (χ0v) is 15.9. The zero-order valence-electron chi connectivity index (χ0n) is 15.0. The minimum Gasteiger partial charge on any atom is -0.330 e. The van der Waals surface area contributed by atoms with Crippen molar-refractivity contribution in [1.29, 1.82) is 0 Å². The van der Waals surface area contributed by atoms with E-state index in [1.54, 1.807) is 0 Å². The van der Waals surface area contributed by atoms with Crippen LogP contribution >= 0.6 is 12.4 Å². The number of fused-ring (bicyclic) bond motifs is 1. The molecule has 6 heteroatoms. The summed E-state index contributed by atoms with van der Waals surface area (Å²) in [6.45, 7) is 2.34. The monoisotopic (exact) mass is 374 g/mol. The van der Waals surface area contributed by atoms with Crippen LogP contribution in [0.15, 0.2) is 30.3 Å². The van der Waals surface area contributed by atoms with Crippen LogP contribution in [0.1, 0.15) is 59.4 Å². The molecule has 1 aromatic carbocycles. The predicted octanol–water partition coefficient (Wildman–Crippen LogP) is 3.45. The lowest BCUT2D eigenvalue weighted by Crippen LogP contribution is -2.41. The maximum atomic E-state index is 13.4. The highest BCUT2D eigenvalue weighted by Gasteiger charge is 2.30. The first-order valence-electron chi connectivity index (χ1n) is 9.44.